The third-order valence-corrected chi connectivity index (χ3v) is 6.85. The summed E-state index contributed by atoms with van der Waals surface area (Å²) >= 11 is 0. The number of aromatic nitrogens is 2. The predicted molar refractivity (Wildman–Crippen MR) is 128 cm³/mol. The van der Waals surface area contributed by atoms with Gasteiger partial charge in [-0.15, -0.1) is 0 Å². The number of carboxylic acids is 1. The third kappa shape index (κ3) is 5.58. The van der Waals surface area contributed by atoms with Crippen LogP contribution in [0.15, 0.2) is 65.7 Å². The van der Waals surface area contributed by atoms with Crippen molar-refractivity contribution in [2.24, 2.45) is 0 Å². The molecule has 0 fully saturated rings. The molecule has 2 aromatic carbocycles. The van der Waals surface area contributed by atoms with E-state index in [0.717, 1.165) is 15.4 Å². The molecule has 1 atom stereocenters. The van der Waals surface area contributed by atoms with E-state index in [9.17, 15) is 18.3 Å². The van der Waals surface area contributed by atoms with Crippen LogP contribution >= 0.6 is 0 Å². The largest absolute Gasteiger partial charge is 0.480 e. The van der Waals surface area contributed by atoms with Crippen LogP contribution in [0.2, 0.25) is 0 Å². The van der Waals surface area contributed by atoms with Gasteiger partial charge in [-0.2, -0.15) is 4.98 Å². The first-order chi connectivity index (χ1) is 15.6. The van der Waals surface area contributed by atoms with E-state index in [1.54, 1.807) is 31.1 Å². The van der Waals surface area contributed by atoms with Gasteiger partial charge in [-0.25, -0.2) is 18.2 Å². The Bertz CT molecular complexity index is 1220. The lowest BCUT2D eigenvalue weighted by Crippen LogP contribution is -2.34. The predicted octanol–water partition coefficient (Wildman–Crippen LogP) is 2.78. The normalized spacial score (nSPS) is 12.1. The molecule has 0 saturated heterocycles. The van der Waals surface area contributed by atoms with Gasteiger partial charge in [0, 0.05) is 27.6 Å². The maximum atomic E-state index is 13.2. The molecule has 0 saturated carbocycles. The number of sulfonamides is 1. The lowest BCUT2D eigenvalue weighted by molar-refractivity contribution is -0.137. The fourth-order valence-electron chi connectivity index (χ4n) is 3.13. The van der Waals surface area contributed by atoms with Crippen LogP contribution in [0.25, 0.3) is 0 Å². The number of nitrogens with zero attached hydrogens (tertiary/aromatic N) is 4. The van der Waals surface area contributed by atoms with Crippen molar-refractivity contribution in [2.45, 2.75) is 24.3 Å². The molecule has 9 nitrogen and oxygen atoms in total. The Balaban J connectivity index is 2.01. The van der Waals surface area contributed by atoms with Crippen molar-refractivity contribution in [1.82, 2.24) is 9.97 Å². The van der Waals surface area contributed by atoms with Crippen molar-refractivity contribution in [2.75, 3.05) is 35.7 Å². The molecule has 0 bridgehead atoms. The molecule has 0 aliphatic rings. The Hall–Kier alpha value is -3.66. The van der Waals surface area contributed by atoms with E-state index in [1.165, 1.54) is 25.4 Å². The highest BCUT2D eigenvalue weighted by atomic mass is 32.2. The minimum atomic E-state index is -3.93. The Morgan fingerprint density at radius 2 is 1.70 bits per heavy atom. The molecule has 0 aliphatic heterocycles. The van der Waals surface area contributed by atoms with Gasteiger partial charge in [0.05, 0.1) is 11.1 Å². The molecule has 0 amide bonds. The van der Waals surface area contributed by atoms with Gasteiger partial charge in [-0.3, -0.25) is 4.31 Å². The topological polar surface area (TPSA) is 116 Å². The van der Waals surface area contributed by atoms with Gasteiger partial charge in [0.1, 0.15) is 11.7 Å². The first-order valence-electron chi connectivity index (χ1n) is 10.2. The summed E-state index contributed by atoms with van der Waals surface area (Å²) in [5.74, 6) is -0.666. The summed E-state index contributed by atoms with van der Waals surface area (Å²) in [5, 5.41) is 12.7. The van der Waals surface area contributed by atoms with Crippen molar-refractivity contribution in [3.63, 3.8) is 0 Å². The Kier molecular flexibility index (Phi) is 7.17. The molecule has 0 spiro atoms. The van der Waals surface area contributed by atoms with E-state index in [0.29, 0.717) is 5.95 Å². The quantitative estimate of drug-likeness (QED) is 0.492. The first kappa shape index (κ1) is 24.0. The molecule has 33 heavy (non-hydrogen) atoms. The number of anilines is 3. The molecule has 10 heteroatoms. The van der Waals surface area contributed by atoms with Crippen LogP contribution in [0.5, 0.6) is 0 Å². The van der Waals surface area contributed by atoms with Gasteiger partial charge in [-0.1, -0.05) is 48.0 Å². The number of rotatable bonds is 9. The fourth-order valence-corrected chi connectivity index (χ4v) is 4.32. The first-order valence-corrected chi connectivity index (χ1v) is 11.7. The molecule has 0 unspecified atom stereocenters. The highest BCUT2D eigenvalue weighted by molar-refractivity contribution is 7.92. The molecule has 0 aliphatic carbocycles. The zero-order valence-corrected chi connectivity index (χ0v) is 19.7. The van der Waals surface area contributed by atoms with Crippen LogP contribution in [0, 0.1) is 6.92 Å². The summed E-state index contributed by atoms with van der Waals surface area (Å²) in [6.45, 7) is 1.87. The Morgan fingerprint density at radius 3 is 2.27 bits per heavy atom. The number of carbonyl (C=O) groups is 1. The van der Waals surface area contributed by atoms with Gasteiger partial charge in [0.15, 0.2) is 5.82 Å². The smallest absolute Gasteiger partial charge is 0.326 e. The number of aryl methyl sites for hydroxylation is 1. The summed E-state index contributed by atoms with van der Waals surface area (Å²) in [6, 6.07) is 14.6. The minimum Gasteiger partial charge on any atom is -0.480 e. The van der Waals surface area contributed by atoms with Gasteiger partial charge in [-0.05, 0) is 24.6 Å². The van der Waals surface area contributed by atoms with Crippen molar-refractivity contribution in [1.29, 1.82) is 0 Å². The zero-order valence-electron chi connectivity index (χ0n) is 18.9. The highest BCUT2D eigenvalue weighted by Gasteiger charge is 2.27. The van der Waals surface area contributed by atoms with Crippen LogP contribution in [-0.2, 0) is 21.2 Å². The van der Waals surface area contributed by atoms with Gasteiger partial charge in [0.25, 0.3) is 10.0 Å². The van der Waals surface area contributed by atoms with E-state index in [-0.39, 0.29) is 22.8 Å². The molecule has 0 radical (unpaired) electrons. The second-order valence-corrected chi connectivity index (χ2v) is 9.78. The van der Waals surface area contributed by atoms with Crippen molar-refractivity contribution >= 4 is 33.4 Å². The van der Waals surface area contributed by atoms with Gasteiger partial charge in [0.2, 0.25) is 5.95 Å². The van der Waals surface area contributed by atoms with Crippen molar-refractivity contribution < 1.29 is 18.3 Å². The average Bonchev–Trinajstić information content (AvgIpc) is 2.79. The summed E-state index contributed by atoms with van der Waals surface area (Å²) in [6.07, 6.45) is 1.56. The average molecular weight is 470 g/mol. The van der Waals surface area contributed by atoms with Crippen LogP contribution in [0.3, 0.4) is 0 Å². The van der Waals surface area contributed by atoms with E-state index in [1.807, 2.05) is 37.3 Å². The maximum Gasteiger partial charge on any atom is 0.326 e. The van der Waals surface area contributed by atoms with E-state index in [4.69, 9.17) is 0 Å². The molecular weight excluding hydrogens is 442 g/mol. The minimum absolute atomic E-state index is 0.107. The fraction of sp³-hybridized carbons (Fsp3) is 0.261. The van der Waals surface area contributed by atoms with E-state index in [2.05, 4.69) is 15.3 Å². The maximum absolute atomic E-state index is 13.2. The zero-order chi connectivity index (χ0) is 24.2. The number of carboxylic acid groups (broad SMARTS) is 1. The molecule has 1 aromatic heterocycles. The standard InChI is InChI=1S/C23H27N5O4S/c1-16-10-12-18(13-11-16)33(31,32)28(4)20-15-24-23(27(2)3)26-21(20)25-19(22(29)30)14-17-8-6-5-7-9-17/h5-13,15,19H,14H2,1-4H3,(H,29,30)(H,24,25,26)/t19-/m0/s1. The summed E-state index contributed by atoms with van der Waals surface area (Å²) in [4.78, 5) is 22.4. The van der Waals surface area contributed by atoms with Crippen LogP contribution < -0.4 is 14.5 Å². The molecule has 174 valence electrons. The summed E-state index contributed by atoms with van der Waals surface area (Å²) in [7, 11) is 0.944. The molecule has 3 aromatic rings. The van der Waals surface area contributed by atoms with Crippen LogP contribution in [0.4, 0.5) is 17.5 Å². The Morgan fingerprint density at radius 1 is 1.06 bits per heavy atom. The summed E-state index contributed by atoms with van der Waals surface area (Å²) < 4.78 is 27.5. The number of hydrogen-bond acceptors (Lipinski definition) is 7. The van der Waals surface area contributed by atoms with Crippen molar-refractivity contribution in [3.8, 4) is 0 Å². The number of benzene rings is 2. The second-order valence-electron chi connectivity index (χ2n) is 7.81. The summed E-state index contributed by atoms with van der Waals surface area (Å²) in [5.41, 5.74) is 1.89. The molecule has 3 rings (SSSR count). The molecule has 1 heterocycles. The Labute approximate surface area is 193 Å². The van der Waals surface area contributed by atoms with Crippen LogP contribution in [-0.4, -0.2) is 56.6 Å². The lowest BCUT2D eigenvalue weighted by Gasteiger charge is -2.25. The molecular formula is C23H27N5O4S. The van der Waals surface area contributed by atoms with Gasteiger partial charge < -0.3 is 15.3 Å². The van der Waals surface area contributed by atoms with E-state index < -0.39 is 22.0 Å². The number of aliphatic carboxylic acids is 1. The lowest BCUT2D eigenvalue weighted by atomic mass is 10.1. The number of nitrogens with one attached hydrogen (secondary N) is 1. The van der Waals surface area contributed by atoms with Crippen molar-refractivity contribution in [3.05, 3.63) is 71.9 Å². The third-order valence-electron chi connectivity index (χ3n) is 5.07. The molecule has 2 N–H and O–H groups in total. The van der Waals surface area contributed by atoms with E-state index >= 15 is 0 Å². The second kappa shape index (κ2) is 9.86. The SMILES string of the molecule is Cc1ccc(S(=O)(=O)N(C)c2cnc(N(C)C)nc2N[C@@H](Cc2ccccc2)C(=O)O)cc1. The van der Waals surface area contributed by atoms with Gasteiger partial charge >= 0.3 is 5.97 Å². The highest BCUT2D eigenvalue weighted by Crippen LogP contribution is 2.30. The monoisotopic (exact) mass is 469 g/mol. The van der Waals surface area contributed by atoms with Crippen LogP contribution in [0.1, 0.15) is 11.1 Å². The number of hydrogen-bond donors (Lipinski definition) is 2.